The number of nitrogens with zero attached hydrogens (tertiary/aromatic N) is 3. The Labute approximate surface area is 164 Å². The van der Waals surface area contributed by atoms with E-state index in [-0.39, 0.29) is 28.3 Å². The zero-order chi connectivity index (χ0) is 19.7. The predicted octanol–water partition coefficient (Wildman–Crippen LogP) is 2.32. The van der Waals surface area contributed by atoms with Crippen LogP contribution in [-0.4, -0.2) is 48.1 Å². The van der Waals surface area contributed by atoms with E-state index >= 15 is 0 Å². The number of aromatic nitrogens is 2. The van der Waals surface area contributed by atoms with Gasteiger partial charge in [-0.2, -0.15) is 4.31 Å². The number of nitrogens with one attached hydrogen (secondary N) is 1. The Kier molecular flexibility index (Phi) is 5.37. The molecule has 1 N–H and O–H groups in total. The molecule has 1 saturated carbocycles. The summed E-state index contributed by atoms with van der Waals surface area (Å²) in [6.07, 6.45) is 5.64. The zero-order valence-corrected chi connectivity index (χ0v) is 16.8. The number of rotatable bonds is 4. The average Bonchev–Trinajstić information content (AvgIpc) is 3.18. The van der Waals surface area contributed by atoms with Crippen LogP contribution >= 0.6 is 0 Å². The summed E-state index contributed by atoms with van der Waals surface area (Å²) in [5.41, 5.74) is 0.658. The van der Waals surface area contributed by atoms with Gasteiger partial charge in [-0.1, -0.05) is 25.8 Å². The number of benzene rings is 1. The Morgan fingerprint density at radius 2 is 1.89 bits per heavy atom. The smallest absolute Gasteiger partial charge is 0.245 e. The molecule has 0 spiro atoms. The topological polar surface area (TPSA) is 105 Å². The van der Waals surface area contributed by atoms with Crippen LogP contribution in [-0.2, 0) is 14.8 Å². The Hall–Kier alpha value is -2.00. The first-order valence-electron chi connectivity index (χ1n) is 9.98. The summed E-state index contributed by atoms with van der Waals surface area (Å²) in [4.78, 5) is 12.8. The van der Waals surface area contributed by atoms with Gasteiger partial charge in [-0.25, -0.2) is 13.0 Å². The molecule has 1 aromatic heterocycles. The Balaban J connectivity index is 1.41. The molecule has 0 radical (unpaired) electrons. The van der Waals surface area contributed by atoms with Crippen LogP contribution in [0.1, 0.15) is 45.4 Å². The van der Waals surface area contributed by atoms with Crippen molar-refractivity contribution in [3.63, 3.8) is 0 Å². The number of carbonyl (C=O) groups excluding carboxylic acids is 1. The van der Waals surface area contributed by atoms with E-state index in [1.54, 1.807) is 12.1 Å². The maximum atomic E-state index is 13.1. The van der Waals surface area contributed by atoms with Gasteiger partial charge in [0, 0.05) is 25.0 Å². The third-order valence-electron chi connectivity index (χ3n) is 6.13. The van der Waals surface area contributed by atoms with Crippen molar-refractivity contribution in [2.24, 2.45) is 11.8 Å². The van der Waals surface area contributed by atoms with Crippen LogP contribution in [0.5, 0.6) is 0 Å². The van der Waals surface area contributed by atoms with Gasteiger partial charge >= 0.3 is 0 Å². The standard InChI is InChI=1S/C19H26N4O4S/c1-13-5-2-3-6-15(13)20-19(24)14-9-11-23(12-10-14)28(25,26)17-8-4-7-16-18(17)22-27-21-16/h4,7-8,13-15H,2-3,5-6,9-12H2,1H3,(H,20,24)/t13-,15+/m1/s1. The fraction of sp³-hybridized carbons (Fsp3) is 0.632. The van der Waals surface area contributed by atoms with Crippen molar-refractivity contribution in [2.75, 3.05) is 13.1 Å². The fourth-order valence-corrected chi connectivity index (χ4v) is 5.92. The van der Waals surface area contributed by atoms with Crippen LogP contribution in [0.3, 0.4) is 0 Å². The predicted molar refractivity (Wildman–Crippen MR) is 103 cm³/mol. The van der Waals surface area contributed by atoms with E-state index in [0.717, 1.165) is 19.3 Å². The lowest BCUT2D eigenvalue weighted by Gasteiger charge is -2.34. The van der Waals surface area contributed by atoms with Crippen molar-refractivity contribution in [3.05, 3.63) is 18.2 Å². The maximum Gasteiger partial charge on any atom is 0.245 e. The number of hydrogen-bond acceptors (Lipinski definition) is 6. The van der Waals surface area contributed by atoms with Crippen molar-refractivity contribution in [3.8, 4) is 0 Å². The van der Waals surface area contributed by atoms with Crippen molar-refractivity contribution in [2.45, 2.75) is 56.4 Å². The summed E-state index contributed by atoms with van der Waals surface area (Å²) in [7, 11) is -3.70. The molecule has 1 saturated heterocycles. The molecule has 28 heavy (non-hydrogen) atoms. The van der Waals surface area contributed by atoms with E-state index in [1.165, 1.54) is 16.8 Å². The highest BCUT2D eigenvalue weighted by atomic mass is 32.2. The van der Waals surface area contributed by atoms with E-state index in [0.29, 0.717) is 37.4 Å². The maximum absolute atomic E-state index is 13.1. The normalized spacial score (nSPS) is 25.0. The van der Waals surface area contributed by atoms with Crippen LogP contribution in [0.25, 0.3) is 11.0 Å². The Morgan fingerprint density at radius 1 is 1.14 bits per heavy atom. The van der Waals surface area contributed by atoms with E-state index in [1.807, 2.05) is 0 Å². The molecule has 2 atom stereocenters. The third kappa shape index (κ3) is 3.65. The number of sulfonamides is 1. The molecule has 0 unspecified atom stereocenters. The Bertz CT molecular complexity index is 950. The first-order chi connectivity index (χ1) is 13.5. The average molecular weight is 407 g/mol. The molecular formula is C19H26N4O4S. The second-order valence-corrected chi connectivity index (χ2v) is 9.85. The van der Waals surface area contributed by atoms with Gasteiger partial charge < -0.3 is 5.32 Å². The van der Waals surface area contributed by atoms with Crippen LogP contribution in [0, 0.1) is 11.8 Å². The first kappa shape index (κ1) is 19.3. The quantitative estimate of drug-likeness (QED) is 0.835. The second-order valence-electron chi connectivity index (χ2n) is 7.94. The molecule has 1 aromatic carbocycles. The molecule has 8 nitrogen and oxygen atoms in total. The number of hydrogen-bond donors (Lipinski definition) is 1. The first-order valence-corrected chi connectivity index (χ1v) is 11.4. The van der Waals surface area contributed by atoms with Gasteiger partial charge in [0.05, 0.1) is 0 Å². The van der Waals surface area contributed by atoms with E-state index in [4.69, 9.17) is 0 Å². The lowest BCUT2D eigenvalue weighted by Crippen LogP contribution is -2.47. The molecule has 152 valence electrons. The van der Waals surface area contributed by atoms with Crippen LogP contribution in [0.4, 0.5) is 0 Å². The lowest BCUT2D eigenvalue weighted by atomic mass is 9.85. The highest BCUT2D eigenvalue weighted by molar-refractivity contribution is 7.89. The summed E-state index contributed by atoms with van der Waals surface area (Å²) < 4.78 is 32.2. The summed E-state index contributed by atoms with van der Waals surface area (Å²) in [6, 6.07) is 5.06. The molecule has 1 amide bonds. The lowest BCUT2D eigenvalue weighted by molar-refractivity contribution is -0.127. The van der Waals surface area contributed by atoms with Crippen LogP contribution in [0.2, 0.25) is 0 Å². The van der Waals surface area contributed by atoms with E-state index < -0.39 is 10.0 Å². The largest absolute Gasteiger partial charge is 0.353 e. The molecule has 2 aliphatic rings. The minimum absolute atomic E-state index is 0.0681. The van der Waals surface area contributed by atoms with Gasteiger partial charge in [0.25, 0.3) is 0 Å². The monoisotopic (exact) mass is 406 g/mol. The summed E-state index contributed by atoms with van der Waals surface area (Å²) in [5, 5.41) is 10.7. The minimum atomic E-state index is -3.70. The Morgan fingerprint density at radius 3 is 2.64 bits per heavy atom. The molecule has 4 rings (SSSR count). The van der Waals surface area contributed by atoms with Crippen molar-refractivity contribution >= 4 is 27.0 Å². The van der Waals surface area contributed by atoms with Gasteiger partial charge in [-0.3, -0.25) is 4.79 Å². The second kappa shape index (κ2) is 7.79. The summed E-state index contributed by atoms with van der Waals surface area (Å²) >= 11 is 0. The van der Waals surface area contributed by atoms with Crippen molar-refractivity contribution in [1.29, 1.82) is 0 Å². The fourth-order valence-electron chi connectivity index (χ4n) is 4.32. The highest BCUT2D eigenvalue weighted by Gasteiger charge is 2.34. The van der Waals surface area contributed by atoms with Gasteiger partial charge in [-0.05, 0) is 54.0 Å². The van der Waals surface area contributed by atoms with Crippen molar-refractivity contribution in [1.82, 2.24) is 19.9 Å². The zero-order valence-electron chi connectivity index (χ0n) is 16.0. The molecular weight excluding hydrogens is 380 g/mol. The molecule has 0 bridgehead atoms. The molecule has 2 heterocycles. The van der Waals surface area contributed by atoms with Gasteiger partial charge in [-0.15, -0.1) is 0 Å². The van der Waals surface area contributed by atoms with Crippen LogP contribution in [0.15, 0.2) is 27.7 Å². The highest BCUT2D eigenvalue weighted by Crippen LogP contribution is 2.29. The number of fused-ring (bicyclic) bond motifs is 1. The molecule has 9 heteroatoms. The summed E-state index contributed by atoms with van der Waals surface area (Å²) in [6.45, 7) is 2.84. The summed E-state index contributed by atoms with van der Waals surface area (Å²) in [5.74, 6) is 0.443. The van der Waals surface area contributed by atoms with Gasteiger partial charge in [0.1, 0.15) is 10.4 Å². The van der Waals surface area contributed by atoms with Crippen molar-refractivity contribution < 1.29 is 17.8 Å². The van der Waals surface area contributed by atoms with E-state index in [2.05, 4.69) is 27.2 Å². The SMILES string of the molecule is C[C@@H]1CCCC[C@@H]1NC(=O)C1CCN(S(=O)(=O)c2cccc3nonc23)CC1. The number of carbonyl (C=O) groups is 1. The molecule has 2 fully saturated rings. The molecule has 1 aliphatic carbocycles. The minimum Gasteiger partial charge on any atom is -0.353 e. The third-order valence-corrected chi connectivity index (χ3v) is 8.06. The molecule has 1 aliphatic heterocycles. The van der Waals surface area contributed by atoms with E-state index in [9.17, 15) is 13.2 Å². The van der Waals surface area contributed by atoms with Gasteiger partial charge in [0.2, 0.25) is 15.9 Å². The van der Waals surface area contributed by atoms with Crippen LogP contribution < -0.4 is 5.32 Å². The number of amides is 1. The number of piperidine rings is 1. The van der Waals surface area contributed by atoms with Gasteiger partial charge in [0.15, 0.2) is 5.52 Å². The molecule has 2 aromatic rings.